The molecule has 22 heavy (non-hydrogen) atoms. The standard InChI is InChI=1S/C16H15BrN2O3/c17-9-6-8-2-1-3-11-14(8)10(7-9)16(22)19(11)12-4-5-13(20)18-15(12)21/h6-7,11-12H,1-5H2,(H,18,20,21). The van der Waals surface area contributed by atoms with Crippen LogP contribution in [0.25, 0.3) is 0 Å². The van der Waals surface area contributed by atoms with E-state index in [4.69, 9.17) is 0 Å². The quantitative estimate of drug-likeness (QED) is 0.777. The molecule has 0 radical (unpaired) electrons. The minimum absolute atomic E-state index is 0.0247. The maximum Gasteiger partial charge on any atom is 0.255 e. The van der Waals surface area contributed by atoms with E-state index in [1.165, 1.54) is 5.56 Å². The van der Waals surface area contributed by atoms with Crippen LogP contribution in [0.5, 0.6) is 0 Å². The summed E-state index contributed by atoms with van der Waals surface area (Å²) in [6.07, 6.45) is 3.56. The molecule has 3 amide bonds. The largest absolute Gasteiger partial charge is 0.320 e. The van der Waals surface area contributed by atoms with Crippen molar-refractivity contribution in [1.29, 1.82) is 0 Å². The summed E-state index contributed by atoms with van der Waals surface area (Å²) in [5.41, 5.74) is 2.99. The van der Waals surface area contributed by atoms with Crippen molar-refractivity contribution in [3.8, 4) is 0 Å². The maximum atomic E-state index is 12.9. The Morgan fingerprint density at radius 2 is 1.91 bits per heavy atom. The highest BCUT2D eigenvalue weighted by molar-refractivity contribution is 9.10. The van der Waals surface area contributed by atoms with E-state index >= 15 is 0 Å². The molecule has 0 bridgehead atoms. The number of nitrogens with zero attached hydrogens (tertiary/aromatic N) is 1. The van der Waals surface area contributed by atoms with Crippen molar-refractivity contribution < 1.29 is 14.4 Å². The first-order chi connectivity index (χ1) is 10.6. The Balaban J connectivity index is 1.77. The number of nitrogens with one attached hydrogen (secondary N) is 1. The molecule has 6 heteroatoms. The smallest absolute Gasteiger partial charge is 0.255 e. The van der Waals surface area contributed by atoms with Crippen LogP contribution in [0, 0.1) is 0 Å². The maximum absolute atomic E-state index is 12.9. The normalized spacial score (nSPS) is 27.0. The van der Waals surface area contributed by atoms with Gasteiger partial charge in [0.05, 0.1) is 6.04 Å². The van der Waals surface area contributed by atoms with Crippen LogP contribution in [0.1, 0.15) is 53.2 Å². The van der Waals surface area contributed by atoms with E-state index in [0.29, 0.717) is 18.4 Å². The SMILES string of the molecule is O=C1CCC(N2C(=O)c3cc(Br)cc4c3C2CCC4)C(=O)N1. The molecule has 2 unspecified atom stereocenters. The number of amides is 3. The number of imide groups is 1. The highest BCUT2D eigenvalue weighted by Gasteiger charge is 2.46. The highest BCUT2D eigenvalue weighted by Crippen LogP contribution is 2.45. The lowest BCUT2D eigenvalue weighted by atomic mass is 9.86. The van der Waals surface area contributed by atoms with Crippen molar-refractivity contribution in [2.24, 2.45) is 0 Å². The predicted octanol–water partition coefficient (Wildman–Crippen LogP) is 2.09. The Kier molecular flexibility index (Phi) is 3.11. The number of benzene rings is 1. The van der Waals surface area contributed by atoms with E-state index in [0.717, 1.165) is 29.3 Å². The van der Waals surface area contributed by atoms with E-state index in [9.17, 15) is 14.4 Å². The zero-order chi connectivity index (χ0) is 15.4. The molecule has 4 rings (SSSR count). The summed E-state index contributed by atoms with van der Waals surface area (Å²) >= 11 is 3.47. The molecule has 0 spiro atoms. The first-order valence-electron chi connectivity index (χ1n) is 7.55. The molecule has 0 aromatic heterocycles. The molecule has 1 aliphatic carbocycles. The average Bonchev–Trinajstić information content (AvgIpc) is 2.74. The van der Waals surface area contributed by atoms with Crippen molar-refractivity contribution in [1.82, 2.24) is 10.2 Å². The van der Waals surface area contributed by atoms with Gasteiger partial charge in [0.25, 0.3) is 5.91 Å². The van der Waals surface area contributed by atoms with Gasteiger partial charge in [-0.1, -0.05) is 15.9 Å². The number of halogens is 1. The van der Waals surface area contributed by atoms with Gasteiger partial charge in [-0.05, 0) is 48.9 Å². The molecule has 1 fully saturated rings. The fraction of sp³-hybridized carbons (Fsp3) is 0.438. The van der Waals surface area contributed by atoms with Gasteiger partial charge in [0.1, 0.15) is 6.04 Å². The zero-order valence-electron chi connectivity index (χ0n) is 11.9. The fourth-order valence-electron chi connectivity index (χ4n) is 3.95. The van der Waals surface area contributed by atoms with Gasteiger partial charge in [-0.3, -0.25) is 19.7 Å². The van der Waals surface area contributed by atoms with Gasteiger partial charge in [-0.25, -0.2) is 0 Å². The second-order valence-corrected chi connectivity index (χ2v) is 7.03. The van der Waals surface area contributed by atoms with E-state index in [1.807, 2.05) is 6.07 Å². The molecule has 1 aromatic rings. The molecular weight excluding hydrogens is 348 g/mol. The first kappa shape index (κ1) is 13.9. The summed E-state index contributed by atoms with van der Waals surface area (Å²) in [4.78, 5) is 38.1. The Bertz CT molecular complexity index is 716. The second-order valence-electron chi connectivity index (χ2n) is 6.11. The molecule has 5 nitrogen and oxygen atoms in total. The van der Waals surface area contributed by atoms with Crippen molar-refractivity contribution in [2.45, 2.75) is 44.2 Å². The van der Waals surface area contributed by atoms with E-state index < -0.39 is 6.04 Å². The van der Waals surface area contributed by atoms with E-state index in [-0.39, 0.29) is 23.8 Å². The van der Waals surface area contributed by atoms with Gasteiger partial charge in [0.2, 0.25) is 11.8 Å². The van der Waals surface area contributed by atoms with Crippen molar-refractivity contribution >= 4 is 33.7 Å². The number of aryl methyl sites for hydroxylation is 1. The molecule has 2 heterocycles. The number of carbonyl (C=O) groups is 3. The van der Waals surface area contributed by atoms with Crippen LogP contribution < -0.4 is 5.32 Å². The molecule has 114 valence electrons. The lowest BCUT2D eigenvalue weighted by molar-refractivity contribution is -0.137. The van der Waals surface area contributed by atoms with Crippen LogP contribution >= 0.6 is 15.9 Å². The van der Waals surface area contributed by atoms with Crippen LogP contribution in [0.15, 0.2) is 16.6 Å². The summed E-state index contributed by atoms with van der Waals surface area (Å²) in [6.45, 7) is 0. The van der Waals surface area contributed by atoms with Gasteiger partial charge in [0, 0.05) is 16.5 Å². The van der Waals surface area contributed by atoms with Gasteiger partial charge in [0.15, 0.2) is 0 Å². The summed E-state index contributed by atoms with van der Waals surface area (Å²) in [6, 6.07) is 3.37. The third kappa shape index (κ3) is 1.93. The van der Waals surface area contributed by atoms with E-state index in [2.05, 4.69) is 27.3 Å². The van der Waals surface area contributed by atoms with Crippen LogP contribution in [-0.2, 0) is 16.0 Å². The summed E-state index contributed by atoms with van der Waals surface area (Å²) in [5.74, 6) is -0.681. The molecular formula is C16H15BrN2O3. The zero-order valence-corrected chi connectivity index (χ0v) is 13.5. The highest BCUT2D eigenvalue weighted by atomic mass is 79.9. The first-order valence-corrected chi connectivity index (χ1v) is 8.34. The molecule has 1 saturated heterocycles. The van der Waals surface area contributed by atoms with Crippen LogP contribution in [0.2, 0.25) is 0 Å². The Labute approximate surface area is 136 Å². The summed E-state index contributed by atoms with van der Waals surface area (Å²) in [7, 11) is 0. The third-order valence-electron chi connectivity index (χ3n) is 4.83. The number of rotatable bonds is 1. The number of piperidine rings is 1. The third-order valence-corrected chi connectivity index (χ3v) is 5.29. The number of hydrogen-bond acceptors (Lipinski definition) is 3. The van der Waals surface area contributed by atoms with Crippen LogP contribution in [0.4, 0.5) is 0 Å². The molecule has 0 saturated carbocycles. The molecule has 2 atom stereocenters. The monoisotopic (exact) mass is 362 g/mol. The number of carbonyl (C=O) groups excluding carboxylic acids is 3. The lowest BCUT2D eigenvalue weighted by Gasteiger charge is -2.36. The fourth-order valence-corrected chi connectivity index (χ4v) is 4.45. The summed E-state index contributed by atoms with van der Waals surface area (Å²) < 4.78 is 0.903. The molecule has 1 N–H and O–H groups in total. The Hall–Kier alpha value is -1.69. The average molecular weight is 363 g/mol. The van der Waals surface area contributed by atoms with Crippen molar-refractivity contribution in [3.05, 3.63) is 33.3 Å². The minimum Gasteiger partial charge on any atom is -0.320 e. The lowest BCUT2D eigenvalue weighted by Crippen LogP contribution is -2.53. The van der Waals surface area contributed by atoms with Gasteiger partial charge >= 0.3 is 0 Å². The Morgan fingerprint density at radius 3 is 2.68 bits per heavy atom. The van der Waals surface area contributed by atoms with Crippen molar-refractivity contribution in [3.63, 3.8) is 0 Å². The minimum atomic E-state index is -0.535. The van der Waals surface area contributed by atoms with Crippen molar-refractivity contribution in [2.75, 3.05) is 0 Å². The number of hydrogen-bond donors (Lipinski definition) is 1. The van der Waals surface area contributed by atoms with Gasteiger partial charge in [-0.15, -0.1) is 0 Å². The topological polar surface area (TPSA) is 66.5 Å². The molecule has 1 aromatic carbocycles. The van der Waals surface area contributed by atoms with Crippen LogP contribution in [0.3, 0.4) is 0 Å². The van der Waals surface area contributed by atoms with Crippen LogP contribution in [-0.4, -0.2) is 28.7 Å². The molecule has 2 aliphatic heterocycles. The van der Waals surface area contributed by atoms with E-state index in [1.54, 1.807) is 4.90 Å². The second kappa shape index (κ2) is 4.91. The predicted molar refractivity (Wildman–Crippen MR) is 82.2 cm³/mol. The van der Waals surface area contributed by atoms with Gasteiger partial charge in [-0.2, -0.15) is 0 Å². The van der Waals surface area contributed by atoms with Gasteiger partial charge < -0.3 is 4.90 Å². The summed E-state index contributed by atoms with van der Waals surface area (Å²) in [5, 5.41) is 2.36. The Morgan fingerprint density at radius 1 is 1.09 bits per heavy atom. The molecule has 3 aliphatic rings.